The fourth-order valence-electron chi connectivity index (χ4n) is 3.83. The molecule has 1 aromatic rings. The Kier molecular flexibility index (Phi) is 9.51. The second-order valence-corrected chi connectivity index (χ2v) is 11.7. The zero-order chi connectivity index (χ0) is 28.6. The Morgan fingerprint density at radius 2 is 1.92 bits per heavy atom. The first kappa shape index (κ1) is 30.7. The van der Waals surface area contributed by atoms with E-state index >= 15 is 0 Å². The van der Waals surface area contributed by atoms with E-state index in [1.165, 1.54) is 20.0 Å². The number of aliphatic hydroxyl groups excluding tert-OH is 3. The van der Waals surface area contributed by atoms with Crippen LogP contribution >= 0.6 is 15.6 Å². The quantitative estimate of drug-likeness (QED) is 0.158. The van der Waals surface area contributed by atoms with Crippen LogP contribution in [-0.4, -0.2) is 85.1 Å². The molecule has 0 aliphatic carbocycles. The number of carbonyl (C=O) groups is 1. The molecule has 6 N–H and O–H groups in total. The number of hydrogen-bond acceptors (Lipinski definition) is 14. The highest BCUT2D eigenvalue weighted by Gasteiger charge is 2.46. The predicted molar refractivity (Wildman–Crippen MR) is 120 cm³/mol. The number of H-pyrrole nitrogens is 1. The van der Waals surface area contributed by atoms with Crippen LogP contribution in [0.25, 0.3) is 0 Å². The van der Waals surface area contributed by atoms with Crippen molar-refractivity contribution >= 4 is 21.6 Å². The molecule has 2 aliphatic heterocycles. The molecule has 10 atom stereocenters. The lowest BCUT2D eigenvalue weighted by Gasteiger charge is -2.42. The van der Waals surface area contributed by atoms with Crippen LogP contribution in [0.15, 0.2) is 15.8 Å². The molecule has 10 unspecified atom stereocenters. The molecule has 2 fully saturated rings. The van der Waals surface area contributed by atoms with E-state index in [0.29, 0.717) is 0 Å². The van der Waals surface area contributed by atoms with Crippen LogP contribution in [0.3, 0.4) is 0 Å². The van der Waals surface area contributed by atoms with Gasteiger partial charge in [-0.3, -0.25) is 32.8 Å². The summed E-state index contributed by atoms with van der Waals surface area (Å²) in [6, 6.07) is -1.40. The lowest BCUT2D eigenvalue weighted by Crippen LogP contribution is -2.63. The van der Waals surface area contributed by atoms with Crippen LogP contribution in [0.5, 0.6) is 0 Å². The summed E-state index contributed by atoms with van der Waals surface area (Å²) >= 11 is 0. The van der Waals surface area contributed by atoms with Gasteiger partial charge in [0.2, 0.25) is 5.91 Å². The van der Waals surface area contributed by atoms with Crippen molar-refractivity contribution in [3.05, 3.63) is 32.6 Å². The summed E-state index contributed by atoms with van der Waals surface area (Å²) in [6.07, 6.45) is -9.20. The number of phosphoric ester groups is 2. The van der Waals surface area contributed by atoms with Crippen molar-refractivity contribution in [2.75, 3.05) is 6.61 Å². The van der Waals surface area contributed by atoms with E-state index in [4.69, 9.17) is 9.47 Å². The molecule has 2 saturated heterocycles. The molecule has 3 heterocycles. The van der Waals surface area contributed by atoms with Gasteiger partial charge < -0.3 is 39.9 Å². The van der Waals surface area contributed by atoms with Crippen LogP contribution in [0.1, 0.15) is 32.1 Å². The molecule has 3 rings (SSSR count). The van der Waals surface area contributed by atoms with E-state index in [0.717, 1.165) is 11.5 Å². The van der Waals surface area contributed by atoms with Gasteiger partial charge in [-0.25, -0.2) is 13.7 Å². The Labute approximate surface area is 214 Å². The van der Waals surface area contributed by atoms with Crippen molar-refractivity contribution in [3.8, 4) is 0 Å². The Bertz CT molecular complexity index is 1240. The number of carbonyl (C=O) groups excluding carboxylic acids is 1. The fraction of sp³-hybridized carbons (Fsp3) is 0.722. The largest absolute Gasteiger partial charge is 0.756 e. The molecule has 1 aromatic heterocycles. The summed E-state index contributed by atoms with van der Waals surface area (Å²) in [7, 11) is -11.2. The summed E-state index contributed by atoms with van der Waals surface area (Å²) < 4.78 is 49.3. The highest BCUT2D eigenvalue weighted by Crippen LogP contribution is 2.59. The average Bonchev–Trinajstić information content (AvgIpc) is 3.15. The minimum atomic E-state index is -5.73. The maximum atomic E-state index is 12.3. The van der Waals surface area contributed by atoms with Gasteiger partial charge in [-0.15, -0.1) is 0 Å². The van der Waals surface area contributed by atoms with Gasteiger partial charge >= 0.3 is 13.5 Å². The van der Waals surface area contributed by atoms with Crippen molar-refractivity contribution in [1.29, 1.82) is 0 Å². The summed E-state index contributed by atoms with van der Waals surface area (Å²) in [5.41, 5.74) is -1.26. The lowest BCUT2D eigenvalue weighted by atomic mass is 9.97. The molecule has 18 nitrogen and oxygen atoms in total. The number of amides is 1. The number of aliphatic hydroxyl groups is 3. The van der Waals surface area contributed by atoms with Gasteiger partial charge in [-0.05, 0) is 13.8 Å². The standard InChI is InChI=1S/C18H29N3O15P2/c1-7-5-21(18(27)20-16(7)26)12-4-10(23)11(34-12)6-32-37(28,29)36-38(30,31)35-17-15(25)13(19-9(3)22)14(24)8(2)33-17/h5,8,10-15,17,23-25H,4,6H2,1-3H3,(H,19,22)(H,28,29)(H,30,31)(H,20,26,27)/p-1. The average molecular weight is 588 g/mol. The molecule has 0 spiro atoms. The second kappa shape index (κ2) is 11.8. The molecule has 20 heteroatoms. The van der Waals surface area contributed by atoms with Crippen LogP contribution in [-0.2, 0) is 36.8 Å². The Morgan fingerprint density at radius 3 is 2.55 bits per heavy atom. The molecular formula is C18H28N3O15P2-. The van der Waals surface area contributed by atoms with Crippen molar-refractivity contribution in [3.63, 3.8) is 0 Å². The Hall–Kier alpha value is -1.79. The van der Waals surface area contributed by atoms with Crippen LogP contribution in [0.2, 0.25) is 0 Å². The maximum absolute atomic E-state index is 12.3. The van der Waals surface area contributed by atoms with Gasteiger partial charge in [0.15, 0.2) is 6.29 Å². The molecule has 2 aliphatic rings. The first-order valence-electron chi connectivity index (χ1n) is 11.1. The third-order valence-corrected chi connectivity index (χ3v) is 8.28. The molecule has 0 saturated carbocycles. The van der Waals surface area contributed by atoms with Crippen LogP contribution < -0.4 is 21.5 Å². The summed E-state index contributed by atoms with van der Waals surface area (Å²) in [5, 5.41) is 32.8. The number of aromatic nitrogens is 2. The van der Waals surface area contributed by atoms with E-state index < -0.39 is 88.5 Å². The summed E-state index contributed by atoms with van der Waals surface area (Å²) in [5.74, 6) is -0.658. The Morgan fingerprint density at radius 1 is 1.26 bits per heavy atom. The molecule has 1 amide bonds. The zero-order valence-corrected chi connectivity index (χ0v) is 22.0. The molecule has 38 heavy (non-hydrogen) atoms. The van der Waals surface area contributed by atoms with Gasteiger partial charge in [0, 0.05) is 25.1 Å². The fourth-order valence-corrected chi connectivity index (χ4v) is 5.95. The maximum Gasteiger partial charge on any atom is 0.478 e. The highest BCUT2D eigenvalue weighted by molar-refractivity contribution is 7.60. The number of aryl methyl sites for hydroxylation is 1. The van der Waals surface area contributed by atoms with Gasteiger partial charge in [0.25, 0.3) is 13.4 Å². The van der Waals surface area contributed by atoms with Gasteiger partial charge in [0.05, 0.1) is 24.9 Å². The third-order valence-electron chi connectivity index (χ3n) is 5.71. The normalized spacial score (nSPS) is 34.8. The number of nitrogens with zero attached hydrogens (tertiary/aromatic N) is 1. The number of hydrogen-bond donors (Lipinski definition) is 6. The topological polar surface area (TPSA) is 268 Å². The molecular weight excluding hydrogens is 560 g/mol. The second-order valence-electron chi connectivity index (χ2n) is 8.73. The number of rotatable bonds is 9. The van der Waals surface area contributed by atoms with Crippen LogP contribution in [0, 0.1) is 6.92 Å². The van der Waals surface area contributed by atoms with Crippen molar-refractivity contribution < 1.29 is 61.9 Å². The van der Waals surface area contributed by atoms with Gasteiger partial charge in [0.1, 0.15) is 24.5 Å². The van der Waals surface area contributed by atoms with Crippen molar-refractivity contribution in [2.24, 2.45) is 0 Å². The summed E-state index contributed by atoms with van der Waals surface area (Å²) in [4.78, 5) is 59.1. The lowest BCUT2D eigenvalue weighted by molar-refractivity contribution is -0.280. The highest BCUT2D eigenvalue weighted by atomic mass is 31.3. The number of ether oxygens (including phenoxy) is 2. The van der Waals surface area contributed by atoms with E-state index in [-0.39, 0.29) is 12.0 Å². The molecule has 216 valence electrons. The van der Waals surface area contributed by atoms with Gasteiger partial charge in [-0.2, -0.15) is 0 Å². The number of nitrogens with one attached hydrogen (secondary N) is 2. The van der Waals surface area contributed by atoms with Crippen LogP contribution in [0.4, 0.5) is 0 Å². The SMILES string of the molecule is CC(=O)NC1C(O)C(C)OC(OP(=O)([O-])OP(=O)(O)OCC2OC(n3cc(C)c(=O)[nH]c3=O)CC2O)C1O. The monoisotopic (exact) mass is 588 g/mol. The smallest absolute Gasteiger partial charge is 0.478 e. The Balaban J connectivity index is 1.60. The number of phosphoric acid groups is 2. The molecule has 0 radical (unpaired) electrons. The van der Waals surface area contributed by atoms with Crippen molar-refractivity contribution in [2.45, 2.75) is 76.3 Å². The predicted octanol–water partition coefficient (Wildman–Crippen LogP) is -2.92. The molecule has 0 aromatic carbocycles. The van der Waals surface area contributed by atoms with E-state index in [1.807, 2.05) is 0 Å². The van der Waals surface area contributed by atoms with Gasteiger partial charge in [-0.1, -0.05) is 0 Å². The van der Waals surface area contributed by atoms with Crippen molar-refractivity contribution in [1.82, 2.24) is 14.9 Å². The first-order chi connectivity index (χ1) is 17.5. The first-order valence-corrected chi connectivity index (χ1v) is 14.1. The van der Waals surface area contributed by atoms with E-state index in [9.17, 15) is 48.6 Å². The zero-order valence-electron chi connectivity index (χ0n) is 20.2. The third kappa shape index (κ3) is 7.44. The van der Waals surface area contributed by atoms with E-state index in [1.54, 1.807) is 0 Å². The van der Waals surface area contributed by atoms with E-state index in [2.05, 4.69) is 23.7 Å². The number of aromatic amines is 1. The summed E-state index contributed by atoms with van der Waals surface area (Å²) in [6.45, 7) is 2.95. The minimum absolute atomic E-state index is 0.171. The minimum Gasteiger partial charge on any atom is -0.756 e. The molecule has 0 bridgehead atoms.